The Balaban J connectivity index is 2.04. The molecule has 2 aromatic carbocycles. The van der Waals surface area contributed by atoms with Gasteiger partial charge in [-0.15, -0.1) is 0 Å². The molecule has 2 rings (SSSR count). The summed E-state index contributed by atoms with van der Waals surface area (Å²) in [6, 6.07) is 12.6. The van der Waals surface area contributed by atoms with Gasteiger partial charge in [-0.25, -0.2) is 4.79 Å². The molecule has 0 spiro atoms. The number of phenols is 1. The maximum Gasteiger partial charge on any atom is 0.338 e. The quantitative estimate of drug-likeness (QED) is 0.846. The first-order chi connectivity index (χ1) is 10.1. The summed E-state index contributed by atoms with van der Waals surface area (Å²) in [6.07, 6.45) is 2.07. The molecular weight excluding hydrogens is 288 g/mol. The lowest BCUT2D eigenvalue weighted by molar-refractivity contribution is 0.0509. The van der Waals surface area contributed by atoms with Gasteiger partial charge >= 0.3 is 5.97 Å². The number of halogens is 1. The third-order valence-electron chi connectivity index (χ3n) is 3.05. The van der Waals surface area contributed by atoms with Crippen LogP contribution in [0.15, 0.2) is 49.0 Å². The van der Waals surface area contributed by atoms with Gasteiger partial charge in [0.05, 0.1) is 17.2 Å². The number of carbonyl (C=O) groups excluding carboxylic acids is 1. The molecule has 0 fully saturated rings. The highest BCUT2D eigenvalue weighted by Crippen LogP contribution is 2.30. The second-order valence-electron chi connectivity index (χ2n) is 4.44. The highest BCUT2D eigenvalue weighted by molar-refractivity contribution is 6.34. The van der Waals surface area contributed by atoms with Crippen LogP contribution in [0.4, 0.5) is 0 Å². The molecular formula is C17H15ClO3. The number of esters is 1. The van der Waals surface area contributed by atoms with Gasteiger partial charge in [0.25, 0.3) is 0 Å². The summed E-state index contributed by atoms with van der Waals surface area (Å²) >= 11 is 5.94. The summed E-state index contributed by atoms with van der Waals surface area (Å²) in [5, 5.41) is 9.63. The molecule has 0 radical (unpaired) electrons. The molecule has 1 N–H and O–H groups in total. The second kappa shape index (κ2) is 6.95. The molecule has 0 aliphatic rings. The van der Waals surface area contributed by atoms with E-state index < -0.39 is 5.97 Å². The SMILES string of the molecule is C=Cc1c(C(=O)OCCc2ccccc2)ccc(O)c1Cl. The van der Waals surface area contributed by atoms with Gasteiger partial charge in [0.1, 0.15) is 5.75 Å². The van der Waals surface area contributed by atoms with Crippen LogP contribution in [0.1, 0.15) is 21.5 Å². The van der Waals surface area contributed by atoms with Crippen LogP contribution >= 0.6 is 11.6 Å². The van der Waals surface area contributed by atoms with Gasteiger partial charge in [-0.05, 0) is 17.7 Å². The second-order valence-corrected chi connectivity index (χ2v) is 4.81. The van der Waals surface area contributed by atoms with Crippen LogP contribution in [0.3, 0.4) is 0 Å². The van der Waals surface area contributed by atoms with E-state index in [2.05, 4.69) is 6.58 Å². The van der Waals surface area contributed by atoms with Crippen molar-refractivity contribution in [3.05, 3.63) is 70.8 Å². The van der Waals surface area contributed by atoms with E-state index in [0.29, 0.717) is 17.5 Å². The standard InChI is InChI=1S/C17H15ClO3/c1-2-13-14(8-9-15(19)16(13)18)17(20)21-11-10-12-6-4-3-5-7-12/h2-9,19H,1,10-11H2. The minimum Gasteiger partial charge on any atom is -0.506 e. The number of benzene rings is 2. The van der Waals surface area contributed by atoms with Gasteiger partial charge in [0.15, 0.2) is 0 Å². The monoisotopic (exact) mass is 302 g/mol. The third kappa shape index (κ3) is 3.64. The van der Waals surface area contributed by atoms with E-state index in [4.69, 9.17) is 16.3 Å². The maximum atomic E-state index is 12.1. The molecule has 0 saturated carbocycles. The number of carbonyl (C=O) groups is 1. The Hall–Kier alpha value is -2.26. The fourth-order valence-electron chi connectivity index (χ4n) is 1.94. The molecule has 0 amide bonds. The van der Waals surface area contributed by atoms with E-state index in [1.165, 1.54) is 18.2 Å². The van der Waals surface area contributed by atoms with Crippen LogP contribution < -0.4 is 0 Å². The highest BCUT2D eigenvalue weighted by Gasteiger charge is 2.16. The minimum absolute atomic E-state index is 0.0904. The van der Waals surface area contributed by atoms with E-state index in [1.54, 1.807) is 0 Å². The number of aromatic hydroxyl groups is 1. The van der Waals surface area contributed by atoms with Crippen LogP contribution in [0, 0.1) is 0 Å². The number of hydrogen-bond donors (Lipinski definition) is 1. The van der Waals surface area contributed by atoms with Gasteiger partial charge in [-0.1, -0.05) is 54.6 Å². The molecule has 0 aromatic heterocycles. The molecule has 0 heterocycles. The van der Waals surface area contributed by atoms with Gasteiger partial charge in [-0.2, -0.15) is 0 Å². The molecule has 21 heavy (non-hydrogen) atoms. The molecule has 3 nitrogen and oxygen atoms in total. The van der Waals surface area contributed by atoms with E-state index in [9.17, 15) is 9.90 Å². The van der Waals surface area contributed by atoms with Crippen LogP contribution in [-0.2, 0) is 11.2 Å². The van der Waals surface area contributed by atoms with E-state index in [-0.39, 0.29) is 17.4 Å². The minimum atomic E-state index is -0.484. The van der Waals surface area contributed by atoms with Gasteiger partial charge in [0.2, 0.25) is 0 Å². The van der Waals surface area contributed by atoms with Crippen LogP contribution in [-0.4, -0.2) is 17.7 Å². The average Bonchev–Trinajstić information content (AvgIpc) is 2.50. The smallest absolute Gasteiger partial charge is 0.338 e. The Morgan fingerprint density at radius 2 is 1.95 bits per heavy atom. The van der Waals surface area contributed by atoms with Gasteiger partial charge in [-0.3, -0.25) is 0 Å². The number of rotatable bonds is 5. The van der Waals surface area contributed by atoms with Crippen LogP contribution in [0.2, 0.25) is 5.02 Å². The lowest BCUT2D eigenvalue weighted by Gasteiger charge is -2.09. The van der Waals surface area contributed by atoms with Crippen molar-refractivity contribution in [1.29, 1.82) is 0 Å². The molecule has 0 unspecified atom stereocenters. The normalized spacial score (nSPS) is 10.1. The van der Waals surface area contributed by atoms with Crippen molar-refractivity contribution in [2.24, 2.45) is 0 Å². The largest absolute Gasteiger partial charge is 0.506 e. The van der Waals surface area contributed by atoms with E-state index in [0.717, 1.165) is 5.56 Å². The third-order valence-corrected chi connectivity index (χ3v) is 3.45. The first-order valence-electron chi connectivity index (χ1n) is 6.48. The fourth-order valence-corrected chi connectivity index (χ4v) is 2.18. The highest BCUT2D eigenvalue weighted by atomic mass is 35.5. The van der Waals surface area contributed by atoms with Crippen molar-refractivity contribution in [3.63, 3.8) is 0 Å². The summed E-state index contributed by atoms with van der Waals surface area (Å²) < 4.78 is 5.24. The van der Waals surface area contributed by atoms with E-state index in [1.807, 2.05) is 30.3 Å². The molecule has 0 aliphatic heterocycles. The zero-order valence-corrected chi connectivity index (χ0v) is 12.1. The molecule has 0 bridgehead atoms. The Morgan fingerprint density at radius 1 is 1.24 bits per heavy atom. The lowest BCUT2D eigenvalue weighted by atomic mass is 10.1. The first-order valence-corrected chi connectivity index (χ1v) is 6.86. The van der Waals surface area contributed by atoms with Crippen molar-refractivity contribution in [1.82, 2.24) is 0 Å². The molecule has 0 atom stereocenters. The number of phenolic OH excluding ortho intramolecular Hbond substituents is 1. The van der Waals surface area contributed by atoms with Crippen molar-refractivity contribution in [2.75, 3.05) is 6.61 Å². The molecule has 0 saturated heterocycles. The predicted octanol–water partition coefficient (Wildman–Crippen LogP) is 4.09. The lowest BCUT2D eigenvalue weighted by Crippen LogP contribution is -2.10. The topological polar surface area (TPSA) is 46.5 Å². The molecule has 0 aliphatic carbocycles. The van der Waals surface area contributed by atoms with Crippen molar-refractivity contribution < 1.29 is 14.6 Å². The van der Waals surface area contributed by atoms with Crippen LogP contribution in [0.25, 0.3) is 6.08 Å². The zero-order chi connectivity index (χ0) is 15.2. The number of hydrogen-bond acceptors (Lipinski definition) is 3. The van der Waals surface area contributed by atoms with Crippen LogP contribution in [0.5, 0.6) is 5.75 Å². The Bertz CT molecular complexity index is 651. The van der Waals surface area contributed by atoms with Gasteiger partial charge < -0.3 is 9.84 Å². The Morgan fingerprint density at radius 3 is 2.62 bits per heavy atom. The van der Waals surface area contributed by atoms with Crippen molar-refractivity contribution >= 4 is 23.6 Å². The summed E-state index contributed by atoms with van der Waals surface area (Å²) in [5.41, 5.74) is 1.76. The molecule has 2 aromatic rings. The predicted molar refractivity (Wildman–Crippen MR) is 83.6 cm³/mol. The summed E-state index contributed by atoms with van der Waals surface area (Å²) in [5.74, 6) is -0.574. The Kier molecular flexibility index (Phi) is 5.01. The molecule has 108 valence electrons. The summed E-state index contributed by atoms with van der Waals surface area (Å²) in [7, 11) is 0. The first kappa shape index (κ1) is 15.1. The summed E-state index contributed by atoms with van der Waals surface area (Å²) in [6.45, 7) is 3.88. The van der Waals surface area contributed by atoms with Crippen molar-refractivity contribution in [2.45, 2.75) is 6.42 Å². The average molecular weight is 303 g/mol. The van der Waals surface area contributed by atoms with Gasteiger partial charge in [0, 0.05) is 12.0 Å². The fraction of sp³-hybridized carbons (Fsp3) is 0.118. The van der Waals surface area contributed by atoms with E-state index >= 15 is 0 Å². The Labute approximate surface area is 128 Å². The molecule has 4 heteroatoms. The maximum absolute atomic E-state index is 12.1. The van der Waals surface area contributed by atoms with Crippen molar-refractivity contribution in [3.8, 4) is 5.75 Å². The number of ether oxygens (including phenoxy) is 1. The zero-order valence-electron chi connectivity index (χ0n) is 11.4. The summed E-state index contributed by atoms with van der Waals surface area (Å²) in [4.78, 5) is 12.1.